The second-order valence-electron chi connectivity index (χ2n) is 2.99. The predicted octanol–water partition coefficient (Wildman–Crippen LogP) is 3.05. The van der Waals surface area contributed by atoms with Crippen molar-refractivity contribution in [2.75, 3.05) is 0 Å². The third-order valence-electron chi connectivity index (χ3n) is 1.76. The average molecular weight is 236 g/mol. The highest BCUT2D eigenvalue weighted by molar-refractivity contribution is 4.83. The molecule has 0 amide bonds. The first-order valence-electron chi connectivity index (χ1n) is 4.03. The van der Waals surface area contributed by atoms with Crippen molar-refractivity contribution in [3.05, 3.63) is 12.7 Å². The van der Waals surface area contributed by atoms with Gasteiger partial charge in [0.2, 0.25) is 0 Å². The van der Waals surface area contributed by atoms with Gasteiger partial charge in [-0.05, 0) is 12.8 Å². The van der Waals surface area contributed by atoms with Crippen molar-refractivity contribution < 1.29 is 31.4 Å². The van der Waals surface area contributed by atoms with E-state index in [1.165, 1.54) is 0 Å². The van der Waals surface area contributed by atoms with E-state index in [4.69, 9.17) is 5.11 Å². The normalized spacial score (nSPS) is 15.5. The van der Waals surface area contributed by atoms with Gasteiger partial charge in [0.05, 0.1) is 6.10 Å². The maximum atomic E-state index is 12.0. The zero-order valence-electron chi connectivity index (χ0n) is 7.57. The van der Waals surface area contributed by atoms with Gasteiger partial charge in [0.1, 0.15) is 0 Å². The fourth-order valence-corrected chi connectivity index (χ4v) is 1.08. The van der Waals surface area contributed by atoms with E-state index >= 15 is 0 Å². The number of allylic oxidation sites excluding steroid dienone is 1. The quantitative estimate of drug-likeness (QED) is 0.587. The molecule has 0 aromatic heterocycles. The Hall–Kier alpha value is -0.720. The molecule has 0 saturated carbocycles. The Morgan fingerprint density at radius 2 is 1.47 bits per heavy atom. The van der Waals surface area contributed by atoms with Crippen molar-refractivity contribution in [3.8, 4) is 0 Å². The van der Waals surface area contributed by atoms with Crippen molar-refractivity contribution in [1.82, 2.24) is 0 Å². The standard InChI is InChI=1S/C8H10F6O/c1-2-3-4-5(15)6(7(9,10)11)8(12,13)14/h2,5-6,15H,1,3-4H2. The molecular weight excluding hydrogens is 226 g/mol. The smallest absolute Gasteiger partial charge is 0.392 e. The van der Waals surface area contributed by atoms with Crippen LogP contribution in [0.5, 0.6) is 0 Å². The van der Waals surface area contributed by atoms with Crippen LogP contribution >= 0.6 is 0 Å². The van der Waals surface area contributed by atoms with Gasteiger partial charge in [0.15, 0.2) is 5.92 Å². The predicted molar refractivity (Wildman–Crippen MR) is 41.0 cm³/mol. The molecule has 0 rings (SSSR count). The van der Waals surface area contributed by atoms with E-state index in [1.807, 2.05) is 0 Å². The molecule has 7 heteroatoms. The Kier molecular flexibility index (Phi) is 4.64. The van der Waals surface area contributed by atoms with Crippen LogP contribution in [0.2, 0.25) is 0 Å². The molecule has 0 aliphatic carbocycles. The molecule has 0 fully saturated rings. The highest BCUT2D eigenvalue weighted by Gasteiger charge is 2.59. The minimum Gasteiger partial charge on any atom is -0.392 e. The van der Waals surface area contributed by atoms with E-state index < -0.39 is 30.8 Å². The summed E-state index contributed by atoms with van der Waals surface area (Å²) in [4.78, 5) is 0. The fourth-order valence-electron chi connectivity index (χ4n) is 1.08. The van der Waals surface area contributed by atoms with E-state index in [1.54, 1.807) is 0 Å². The molecule has 15 heavy (non-hydrogen) atoms. The van der Waals surface area contributed by atoms with Crippen molar-refractivity contribution in [3.63, 3.8) is 0 Å². The molecule has 90 valence electrons. The van der Waals surface area contributed by atoms with E-state index in [0.717, 1.165) is 6.08 Å². The molecule has 0 heterocycles. The first-order valence-corrected chi connectivity index (χ1v) is 4.03. The number of rotatable bonds is 4. The van der Waals surface area contributed by atoms with Gasteiger partial charge in [0.25, 0.3) is 0 Å². The van der Waals surface area contributed by atoms with Gasteiger partial charge < -0.3 is 5.11 Å². The van der Waals surface area contributed by atoms with Gasteiger partial charge in [-0.15, -0.1) is 6.58 Å². The minimum atomic E-state index is -5.49. The first kappa shape index (κ1) is 14.3. The highest BCUT2D eigenvalue weighted by Crippen LogP contribution is 2.42. The van der Waals surface area contributed by atoms with Gasteiger partial charge in [-0.1, -0.05) is 6.08 Å². The Balaban J connectivity index is 4.72. The molecule has 0 bridgehead atoms. The lowest BCUT2D eigenvalue weighted by atomic mass is 9.97. The Bertz CT molecular complexity index is 192. The summed E-state index contributed by atoms with van der Waals surface area (Å²) in [5.74, 6) is -3.69. The van der Waals surface area contributed by atoms with Crippen molar-refractivity contribution >= 4 is 0 Å². The summed E-state index contributed by atoms with van der Waals surface area (Å²) in [6.07, 6.45) is -13.0. The van der Waals surface area contributed by atoms with Crippen LogP contribution in [0.15, 0.2) is 12.7 Å². The topological polar surface area (TPSA) is 20.2 Å². The maximum Gasteiger partial charge on any atom is 0.403 e. The molecule has 0 radical (unpaired) electrons. The number of aliphatic hydroxyl groups excluding tert-OH is 1. The molecule has 0 aromatic carbocycles. The number of hydrogen-bond acceptors (Lipinski definition) is 1. The van der Waals surface area contributed by atoms with E-state index in [-0.39, 0.29) is 6.42 Å². The van der Waals surface area contributed by atoms with E-state index in [9.17, 15) is 26.3 Å². The molecule has 0 aromatic rings. The molecule has 0 spiro atoms. The second-order valence-corrected chi connectivity index (χ2v) is 2.99. The molecule has 1 atom stereocenters. The van der Waals surface area contributed by atoms with Gasteiger partial charge in [0, 0.05) is 0 Å². The SMILES string of the molecule is C=CCCC(O)C(C(F)(F)F)C(F)(F)F. The monoisotopic (exact) mass is 236 g/mol. The lowest BCUT2D eigenvalue weighted by Gasteiger charge is -2.27. The number of aliphatic hydroxyl groups is 1. The van der Waals surface area contributed by atoms with Gasteiger partial charge >= 0.3 is 12.4 Å². The third kappa shape index (κ3) is 4.55. The lowest BCUT2D eigenvalue weighted by molar-refractivity contribution is -0.306. The minimum absolute atomic E-state index is 0.107. The Labute approximate surface area is 82.4 Å². The molecule has 1 nitrogen and oxygen atoms in total. The lowest BCUT2D eigenvalue weighted by Crippen LogP contribution is -2.44. The summed E-state index contributed by atoms with van der Waals surface area (Å²) in [6, 6.07) is 0. The Morgan fingerprint density at radius 3 is 1.73 bits per heavy atom. The second kappa shape index (κ2) is 4.87. The van der Waals surface area contributed by atoms with Crippen LogP contribution in [-0.2, 0) is 0 Å². The first-order chi connectivity index (χ1) is 6.60. The maximum absolute atomic E-state index is 12.0. The summed E-state index contributed by atoms with van der Waals surface area (Å²) < 4.78 is 71.9. The van der Waals surface area contributed by atoms with Crippen LogP contribution in [0.1, 0.15) is 12.8 Å². The van der Waals surface area contributed by atoms with Crippen LogP contribution in [-0.4, -0.2) is 23.6 Å². The van der Waals surface area contributed by atoms with Crippen molar-refractivity contribution in [2.45, 2.75) is 31.3 Å². The summed E-state index contributed by atoms with van der Waals surface area (Å²) >= 11 is 0. The van der Waals surface area contributed by atoms with E-state index in [0.29, 0.717) is 0 Å². The molecule has 1 unspecified atom stereocenters. The fraction of sp³-hybridized carbons (Fsp3) is 0.750. The number of alkyl halides is 6. The largest absolute Gasteiger partial charge is 0.403 e. The van der Waals surface area contributed by atoms with Gasteiger partial charge in [-0.25, -0.2) is 0 Å². The molecule has 1 N–H and O–H groups in total. The highest BCUT2D eigenvalue weighted by atomic mass is 19.4. The molecule has 0 aliphatic heterocycles. The summed E-state index contributed by atoms with van der Waals surface area (Å²) in [5.41, 5.74) is 0. The van der Waals surface area contributed by atoms with Crippen LogP contribution in [0, 0.1) is 5.92 Å². The van der Waals surface area contributed by atoms with E-state index in [2.05, 4.69) is 6.58 Å². The van der Waals surface area contributed by atoms with Crippen LogP contribution in [0.3, 0.4) is 0 Å². The zero-order valence-corrected chi connectivity index (χ0v) is 7.57. The summed E-state index contributed by atoms with van der Waals surface area (Å²) in [5, 5.41) is 8.82. The summed E-state index contributed by atoms with van der Waals surface area (Å²) in [6.45, 7) is 3.14. The molecular formula is C8H10F6O. The molecule has 0 aliphatic rings. The molecule has 0 saturated heterocycles. The van der Waals surface area contributed by atoms with Crippen LogP contribution in [0.4, 0.5) is 26.3 Å². The van der Waals surface area contributed by atoms with Crippen molar-refractivity contribution in [1.29, 1.82) is 0 Å². The van der Waals surface area contributed by atoms with Crippen molar-refractivity contribution in [2.24, 2.45) is 5.92 Å². The number of hydrogen-bond donors (Lipinski definition) is 1. The van der Waals surface area contributed by atoms with Crippen LogP contribution in [0.25, 0.3) is 0 Å². The number of halogens is 6. The Morgan fingerprint density at radius 1 is 1.07 bits per heavy atom. The van der Waals surface area contributed by atoms with Gasteiger partial charge in [-0.2, -0.15) is 26.3 Å². The third-order valence-corrected chi connectivity index (χ3v) is 1.76. The van der Waals surface area contributed by atoms with Crippen LogP contribution < -0.4 is 0 Å². The van der Waals surface area contributed by atoms with Gasteiger partial charge in [-0.3, -0.25) is 0 Å². The zero-order chi connectivity index (χ0) is 12.3. The average Bonchev–Trinajstić information content (AvgIpc) is 1.94. The summed E-state index contributed by atoms with van der Waals surface area (Å²) in [7, 11) is 0.